The van der Waals surface area contributed by atoms with E-state index in [0.29, 0.717) is 12.5 Å². The monoisotopic (exact) mass is 380 g/mol. The van der Waals surface area contributed by atoms with Crippen molar-refractivity contribution in [3.05, 3.63) is 59.7 Å². The van der Waals surface area contributed by atoms with Crippen LogP contribution in [0.4, 0.5) is 5.69 Å². The van der Waals surface area contributed by atoms with Crippen LogP contribution in [0.15, 0.2) is 53.5 Å². The van der Waals surface area contributed by atoms with Crippen molar-refractivity contribution >= 4 is 11.6 Å². The summed E-state index contributed by atoms with van der Waals surface area (Å²) in [6.07, 6.45) is 1.33. The van der Waals surface area contributed by atoms with Gasteiger partial charge in [-0.2, -0.15) is 0 Å². The quantitative estimate of drug-likeness (QED) is 0.585. The number of rotatable bonds is 6. The number of nitrogens with zero attached hydrogens (tertiary/aromatic N) is 2. The number of nitrogens with two attached hydrogens (primary N) is 1. The predicted octanol–water partition coefficient (Wildman–Crippen LogP) is 4.10. The smallest absolute Gasteiger partial charge is 0.193 e. The van der Waals surface area contributed by atoms with Crippen LogP contribution in [0.2, 0.25) is 0 Å². The van der Waals surface area contributed by atoms with Gasteiger partial charge in [-0.1, -0.05) is 44.2 Å². The van der Waals surface area contributed by atoms with E-state index in [1.54, 1.807) is 7.11 Å². The highest BCUT2D eigenvalue weighted by atomic mass is 16.5. The summed E-state index contributed by atoms with van der Waals surface area (Å²) >= 11 is 0. The van der Waals surface area contributed by atoms with Gasteiger partial charge >= 0.3 is 0 Å². The van der Waals surface area contributed by atoms with E-state index in [2.05, 4.69) is 53.3 Å². The molecule has 0 aliphatic carbocycles. The first-order valence-electron chi connectivity index (χ1n) is 10.0. The van der Waals surface area contributed by atoms with Crippen LogP contribution >= 0.6 is 0 Å². The predicted molar refractivity (Wildman–Crippen MR) is 117 cm³/mol. The standard InChI is InChI=1S/C23H32N4O/c1-17-11-18(2)15-27(14-17)16-20-8-5-4-7-19(20)13-25-23(24)26-21-9-6-10-22(12-21)28-3/h4-10,12,17-18H,11,13-16H2,1-3H3,(H3,24,25,26). The van der Waals surface area contributed by atoms with Crippen molar-refractivity contribution in [1.29, 1.82) is 0 Å². The summed E-state index contributed by atoms with van der Waals surface area (Å²) in [6.45, 7) is 8.58. The lowest BCUT2D eigenvalue weighted by Crippen LogP contribution is -2.38. The lowest BCUT2D eigenvalue weighted by Gasteiger charge is -2.35. The summed E-state index contributed by atoms with van der Waals surface area (Å²) in [5.74, 6) is 2.71. The van der Waals surface area contributed by atoms with Gasteiger partial charge in [0.05, 0.1) is 13.7 Å². The molecule has 3 N–H and O–H groups in total. The number of benzene rings is 2. The van der Waals surface area contributed by atoms with E-state index in [0.717, 1.165) is 29.8 Å². The van der Waals surface area contributed by atoms with Gasteiger partial charge in [-0.05, 0) is 41.5 Å². The molecule has 2 aromatic rings. The van der Waals surface area contributed by atoms with Crippen molar-refractivity contribution < 1.29 is 4.74 Å². The Kier molecular flexibility index (Phi) is 6.93. The normalized spacial score (nSPS) is 20.8. The minimum Gasteiger partial charge on any atom is -0.497 e. The number of nitrogens with one attached hydrogen (secondary N) is 1. The third-order valence-electron chi connectivity index (χ3n) is 5.22. The molecule has 1 heterocycles. The molecule has 2 aromatic carbocycles. The molecule has 28 heavy (non-hydrogen) atoms. The van der Waals surface area contributed by atoms with Crippen LogP contribution in [0.5, 0.6) is 5.75 Å². The molecular weight excluding hydrogens is 348 g/mol. The molecule has 1 saturated heterocycles. The molecule has 5 nitrogen and oxygen atoms in total. The molecule has 0 spiro atoms. The first kappa shape index (κ1) is 20.2. The SMILES string of the molecule is COc1cccc(NC(N)=NCc2ccccc2CN2CC(C)CC(C)C2)c1. The van der Waals surface area contributed by atoms with Gasteiger partial charge in [-0.3, -0.25) is 4.90 Å². The molecule has 3 rings (SSSR count). The fraction of sp³-hybridized carbons (Fsp3) is 0.435. The van der Waals surface area contributed by atoms with Gasteiger partial charge in [0.1, 0.15) is 5.75 Å². The van der Waals surface area contributed by atoms with E-state index in [1.807, 2.05) is 24.3 Å². The van der Waals surface area contributed by atoms with E-state index in [9.17, 15) is 0 Å². The summed E-state index contributed by atoms with van der Waals surface area (Å²) < 4.78 is 5.24. The van der Waals surface area contributed by atoms with E-state index in [4.69, 9.17) is 10.5 Å². The van der Waals surface area contributed by atoms with Crippen LogP contribution in [0.25, 0.3) is 0 Å². The van der Waals surface area contributed by atoms with Crippen LogP contribution in [-0.2, 0) is 13.1 Å². The molecular formula is C23H32N4O. The summed E-state index contributed by atoms with van der Waals surface area (Å²) in [7, 11) is 1.65. The first-order valence-corrected chi connectivity index (χ1v) is 10.0. The van der Waals surface area contributed by atoms with Crippen LogP contribution in [-0.4, -0.2) is 31.1 Å². The van der Waals surface area contributed by atoms with Crippen molar-refractivity contribution in [2.75, 3.05) is 25.5 Å². The third-order valence-corrected chi connectivity index (χ3v) is 5.22. The van der Waals surface area contributed by atoms with Gasteiger partial charge in [-0.25, -0.2) is 4.99 Å². The zero-order chi connectivity index (χ0) is 19.9. The molecule has 0 bridgehead atoms. The van der Waals surface area contributed by atoms with Gasteiger partial charge < -0.3 is 15.8 Å². The largest absolute Gasteiger partial charge is 0.497 e. The van der Waals surface area contributed by atoms with Crippen LogP contribution < -0.4 is 15.8 Å². The van der Waals surface area contributed by atoms with Gasteiger partial charge in [0, 0.05) is 31.4 Å². The average Bonchev–Trinajstić information content (AvgIpc) is 2.66. The van der Waals surface area contributed by atoms with Gasteiger partial charge in [0.2, 0.25) is 0 Å². The maximum absolute atomic E-state index is 6.10. The molecule has 1 aliphatic heterocycles. The number of methoxy groups -OCH3 is 1. The Morgan fingerprint density at radius 3 is 2.54 bits per heavy atom. The van der Waals surface area contributed by atoms with Crippen molar-refractivity contribution in [3.8, 4) is 5.75 Å². The summed E-state index contributed by atoms with van der Waals surface area (Å²) in [6, 6.07) is 16.2. The Morgan fingerprint density at radius 1 is 1.11 bits per heavy atom. The van der Waals surface area contributed by atoms with Crippen molar-refractivity contribution in [2.24, 2.45) is 22.6 Å². The Balaban J connectivity index is 1.64. The summed E-state index contributed by atoms with van der Waals surface area (Å²) in [4.78, 5) is 7.12. The van der Waals surface area contributed by atoms with Crippen molar-refractivity contribution in [3.63, 3.8) is 0 Å². The minimum atomic E-state index is 0.406. The maximum atomic E-state index is 6.10. The highest BCUT2D eigenvalue weighted by molar-refractivity contribution is 5.92. The van der Waals surface area contributed by atoms with Gasteiger partial charge in [0.15, 0.2) is 5.96 Å². The molecule has 150 valence electrons. The topological polar surface area (TPSA) is 62.9 Å². The fourth-order valence-electron chi connectivity index (χ4n) is 4.09. The second kappa shape index (κ2) is 9.60. The summed E-state index contributed by atoms with van der Waals surface area (Å²) in [5.41, 5.74) is 9.53. The minimum absolute atomic E-state index is 0.406. The van der Waals surface area contributed by atoms with E-state index in [1.165, 1.54) is 30.6 Å². The number of guanidine groups is 1. The molecule has 2 atom stereocenters. The van der Waals surface area contributed by atoms with Crippen molar-refractivity contribution in [2.45, 2.75) is 33.4 Å². The molecule has 1 aliphatic rings. The molecule has 0 radical (unpaired) electrons. The number of piperidine rings is 1. The van der Waals surface area contributed by atoms with Crippen LogP contribution in [0.1, 0.15) is 31.4 Å². The average molecular weight is 381 g/mol. The Bertz CT molecular complexity index is 795. The third kappa shape index (κ3) is 5.73. The highest BCUT2D eigenvalue weighted by Crippen LogP contribution is 2.23. The number of aliphatic imine (C=N–C) groups is 1. The Hall–Kier alpha value is -2.53. The number of ether oxygens (including phenoxy) is 1. The zero-order valence-electron chi connectivity index (χ0n) is 17.2. The Labute approximate surface area is 168 Å². The first-order chi connectivity index (χ1) is 13.5. The van der Waals surface area contributed by atoms with E-state index < -0.39 is 0 Å². The second-order valence-electron chi connectivity index (χ2n) is 7.97. The number of hydrogen-bond acceptors (Lipinski definition) is 3. The number of likely N-dealkylation sites (tertiary alicyclic amines) is 1. The highest BCUT2D eigenvalue weighted by Gasteiger charge is 2.22. The van der Waals surface area contributed by atoms with Gasteiger partial charge in [0.25, 0.3) is 0 Å². The van der Waals surface area contributed by atoms with E-state index in [-0.39, 0.29) is 0 Å². The number of hydrogen-bond donors (Lipinski definition) is 2. The summed E-state index contributed by atoms with van der Waals surface area (Å²) in [5, 5.41) is 3.14. The molecule has 0 aromatic heterocycles. The molecule has 0 amide bonds. The number of anilines is 1. The molecule has 2 unspecified atom stereocenters. The zero-order valence-corrected chi connectivity index (χ0v) is 17.2. The molecule has 1 fully saturated rings. The lowest BCUT2D eigenvalue weighted by atomic mass is 9.91. The van der Waals surface area contributed by atoms with Crippen LogP contribution in [0, 0.1) is 11.8 Å². The molecule has 0 saturated carbocycles. The van der Waals surface area contributed by atoms with Gasteiger partial charge in [-0.15, -0.1) is 0 Å². The fourth-order valence-corrected chi connectivity index (χ4v) is 4.09. The second-order valence-corrected chi connectivity index (χ2v) is 7.97. The molecule has 5 heteroatoms. The Morgan fingerprint density at radius 2 is 1.82 bits per heavy atom. The van der Waals surface area contributed by atoms with Crippen molar-refractivity contribution in [1.82, 2.24) is 4.90 Å². The lowest BCUT2D eigenvalue weighted by molar-refractivity contribution is 0.134. The van der Waals surface area contributed by atoms with Crippen LogP contribution in [0.3, 0.4) is 0 Å². The van der Waals surface area contributed by atoms with E-state index >= 15 is 0 Å². The maximum Gasteiger partial charge on any atom is 0.193 e.